The van der Waals surface area contributed by atoms with Gasteiger partial charge in [-0.1, -0.05) is 40.9 Å². The van der Waals surface area contributed by atoms with Gasteiger partial charge in [0.25, 0.3) is 5.91 Å². The largest absolute Gasteiger partial charge is 0.398 e. The Morgan fingerprint density at radius 3 is 2.39 bits per heavy atom. The molecule has 0 saturated carbocycles. The second kappa shape index (κ2) is 9.55. The maximum atomic E-state index is 13.8. The van der Waals surface area contributed by atoms with E-state index in [4.69, 9.17) is 46.3 Å². The van der Waals surface area contributed by atoms with Crippen LogP contribution < -0.4 is 16.8 Å². The van der Waals surface area contributed by atoms with E-state index in [0.29, 0.717) is 22.3 Å². The molecule has 7 nitrogen and oxygen atoms in total. The molecule has 3 amide bonds. The third-order valence-corrected chi connectivity index (χ3v) is 5.55. The van der Waals surface area contributed by atoms with E-state index in [1.54, 1.807) is 12.1 Å². The van der Waals surface area contributed by atoms with E-state index in [1.807, 2.05) is 0 Å². The summed E-state index contributed by atoms with van der Waals surface area (Å²) in [6.07, 6.45) is 0. The summed E-state index contributed by atoms with van der Waals surface area (Å²) in [4.78, 5) is 30.6. The lowest BCUT2D eigenvalue weighted by molar-refractivity contribution is -0.114. The van der Waals surface area contributed by atoms with Crippen molar-refractivity contribution in [1.82, 2.24) is 4.90 Å². The van der Waals surface area contributed by atoms with Gasteiger partial charge >= 0.3 is 6.03 Å². The van der Waals surface area contributed by atoms with Crippen molar-refractivity contribution in [2.45, 2.75) is 0 Å². The fourth-order valence-corrected chi connectivity index (χ4v) is 3.38. The molecule has 0 fully saturated rings. The van der Waals surface area contributed by atoms with Crippen LogP contribution in [0.1, 0.15) is 5.56 Å². The van der Waals surface area contributed by atoms with Crippen LogP contribution in [0.5, 0.6) is 0 Å². The molecule has 0 unspecified atom stereocenters. The number of benzene rings is 2. The third kappa shape index (κ3) is 5.28. The van der Waals surface area contributed by atoms with Crippen molar-refractivity contribution in [3.8, 4) is 0 Å². The molecule has 11 heteroatoms. The van der Waals surface area contributed by atoms with E-state index in [0.717, 1.165) is 6.07 Å². The van der Waals surface area contributed by atoms with Gasteiger partial charge < -0.3 is 21.7 Å². The molecule has 5 N–H and O–H groups in total. The first kappa shape index (κ1) is 22.9. The summed E-state index contributed by atoms with van der Waals surface area (Å²) in [5, 5.41) is 3.27. The quantitative estimate of drug-likeness (QED) is 0.571. The average molecular weight is 485 g/mol. The molecule has 0 radical (unpaired) electrons. The van der Waals surface area contributed by atoms with Crippen LogP contribution in [0.25, 0.3) is 5.70 Å². The molecule has 31 heavy (non-hydrogen) atoms. The number of halogens is 4. The summed E-state index contributed by atoms with van der Waals surface area (Å²) >= 11 is 17.6. The topological polar surface area (TPSA) is 114 Å². The standard InChI is InChI=1S/C20H17Cl3FN5O2/c21-12-4-2-11(8-14(12)23)28-20(31)29-6-5-27-16(9-29)17(19(26)30)18(25)10-1-3-13(22)15(24)7-10/h1-4,7-8H,5-6,9,25H2,(H2,26,30)(H,28,31). The number of nitrogens with zero attached hydrogens (tertiary/aromatic N) is 2. The molecule has 0 bridgehead atoms. The summed E-state index contributed by atoms with van der Waals surface area (Å²) in [7, 11) is 0. The Balaban J connectivity index is 1.84. The number of aliphatic imine (C=N–C) groups is 1. The maximum Gasteiger partial charge on any atom is 0.322 e. The monoisotopic (exact) mass is 483 g/mol. The molecule has 3 rings (SSSR count). The first-order valence-electron chi connectivity index (χ1n) is 8.97. The zero-order chi connectivity index (χ0) is 22.7. The van der Waals surface area contributed by atoms with Crippen LogP contribution >= 0.6 is 34.8 Å². The molecule has 2 aromatic carbocycles. The molecular weight excluding hydrogens is 468 g/mol. The van der Waals surface area contributed by atoms with Gasteiger partial charge in [0.1, 0.15) is 5.82 Å². The highest BCUT2D eigenvalue weighted by Crippen LogP contribution is 2.26. The Labute approximate surface area is 192 Å². The Morgan fingerprint density at radius 2 is 1.74 bits per heavy atom. The van der Waals surface area contributed by atoms with Gasteiger partial charge in [-0.05, 0) is 30.3 Å². The van der Waals surface area contributed by atoms with Gasteiger partial charge in [0.05, 0.1) is 45.1 Å². The maximum absolute atomic E-state index is 13.8. The summed E-state index contributed by atoms with van der Waals surface area (Å²) in [5.74, 6) is -1.54. The van der Waals surface area contributed by atoms with Gasteiger partial charge in [0, 0.05) is 17.8 Å². The number of carbonyl (C=O) groups excluding carboxylic acids is 2. The molecule has 162 valence electrons. The number of hydrogen-bond acceptors (Lipinski definition) is 4. The summed E-state index contributed by atoms with van der Waals surface area (Å²) in [6, 6.07) is 8.11. The van der Waals surface area contributed by atoms with Crippen molar-refractivity contribution in [2.24, 2.45) is 16.5 Å². The van der Waals surface area contributed by atoms with Crippen LogP contribution in [-0.4, -0.2) is 42.2 Å². The fourth-order valence-electron chi connectivity index (χ4n) is 2.96. The van der Waals surface area contributed by atoms with Crippen LogP contribution in [-0.2, 0) is 4.79 Å². The van der Waals surface area contributed by atoms with Crippen molar-refractivity contribution >= 4 is 63.8 Å². The van der Waals surface area contributed by atoms with Crippen LogP contribution in [0, 0.1) is 5.82 Å². The Hall–Kier alpha value is -2.81. The zero-order valence-corrected chi connectivity index (χ0v) is 18.2. The molecule has 0 saturated heterocycles. The van der Waals surface area contributed by atoms with Gasteiger partial charge in [0.2, 0.25) is 0 Å². The van der Waals surface area contributed by atoms with Crippen molar-refractivity contribution in [1.29, 1.82) is 0 Å². The number of anilines is 1. The van der Waals surface area contributed by atoms with Gasteiger partial charge in [-0.25, -0.2) is 9.18 Å². The van der Waals surface area contributed by atoms with Crippen LogP contribution in [0.15, 0.2) is 47.0 Å². The van der Waals surface area contributed by atoms with E-state index in [-0.39, 0.29) is 40.7 Å². The van der Waals surface area contributed by atoms with Crippen LogP contribution in [0.2, 0.25) is 15.1 Å². The first-order valence-corrected chi connectivity index (χ1v) is 10.1. The predicted molar refractivity (Wildman–Crippen MR) is 121 cm³/mol. The second-order valence-electron chi connectivity index (χ2n) is 6.59. The van der Waals surface area contributed by atoms with E-state index < -0.39 is 17.8 Å². The minimum absolute atomic E-state index is 0.0256. The van der Waals surface area contributed by atoms with E-state index in [1.165, 1.54) is 23.1 Å². The lowest BCUT2D eigenvalue weighted by Crippen LogP contribution is -2.45. The van der Waals surface area contributed by atoms with Crippen LogP contribution in [0.3, 0.4) is 0 Å². The van der Waals surface area contributed by atoms with E-state index >= 15 is 0 Å². The molecule has 0 aliphatic carbocycles. The number of amides is 3. The Morgan fingerprint density at radius 1 is 1.03 bits per heavy atom. The number of nitrogens with two attached hydrogens (primary N) is 2. The van der Waals surface area contributed by atoms with Crippen molar-refractivity contribution < 1.29 is 14.0 Å². The molecule has 2 aromatic rings. The molecule has 1 aliphatic heterocycles. The normalized spacial score (nSPS) is 14.6. The van der Waals surface area contributed by atoms with Crippen LogP contribution in [0.4, 0.5) is 14.9 Å². The molecular formula is C20H17Cl3FN5O2. The second-order valence-corrected chi connectivity index (χ2v) is 7.81. The highest BCUT2D eigenvalue weighted by molar-refractivity contribution is 6.42. The fraction of sp³-hybridized carbons (Fsp3) is 0.150. The minimum atomic E-state index is -0.849. The number of nitrogens with one attached hydrogen (secondary N) is 1. The summed E-state index contributed by atoms with van der Waals surface area (Å²) in [5.41, 5.74) is 12.4. The van der Waals surface area contributed by atoms with Gasteiger partial charge in [-0.3, -0.25) is 9.79 Å². The number of carbonyl (C=O) groups is 2. The van der Waals surface area contributed by atoms with Gasteiger partial charge in [-0.2, -0.15) is 0 Å². The van der Waals surface area contributed by atoms with Crippen molar-refractivity contribution in [3.05, 3.63) is 68.4 Å². The van der Waals surface area contributed by atoms with Gasteiger partial charge in [0.15, 0.2) is 0 Å². The first-order chi connectivity index (χ1) is 14.7. The van der Waals surface area contributed by atoms with Crippen molar-refractivity contribution in [2.75, 3.05) is 25.0 Å². The zero-order valence-electron chi connectivity index (χ0n) is 16.0. The molecule has 1 heterocycles. The van der Waals surface area contributed by atoms with E-state index in [2.05, 4.69) is 10.3 Å². The number of rotatable bonds is 4. The van der Waals surface area contributed by atoms with E-state index in [9.17, 15) is 14.0 Å². The number of primary amides is 1. The summed E-state index contributed by atoms with van der Waals surface area (Å²) < 4.78 is 13.8. The van der Waals surface area contributed by atoms with Crippen molar-refractivity contribution in [3.63, 3.8) is 0 Å². The third-order valence-electron chi connectivity index (χ3n) is 4.51. The predicted octanol–water partition coefficient (Wildman–Crippen LogP) is 3.93. The SMILES string of the molecule is NC(=O)C(C1=NCCN(C(=O)Nc2ccc(Cl)c(Cl)c2)C1)=C(N)c1ccc(Cl)c(F)c1. The smallest absolute Gasteiger partial charge is 0.322 e. The Bertz CT molecular complexity index is 1120. The lowest BCUT2D eigenvalue weighted by atomic mass is 10.0. The number of hydrogen-bond donors (Lipinski definition) is 3. The summed E-state index contributed by atoms with van der Waals surface area (Å²) in [6.45, 7) is 0.504. The average Bonchev–Trinajstić information content (AvgIpc) is 2.72. The highest BCUT2D eigenvalue weighted by atomic mass is 35.5. The minimum Gasteiger partial charge on any atom is -0.398 e. The molecule has 0 spiro atoms. The lowest BCUT2D eigenvalue weighted by Gasteiger charge is -2.28. The molecule has 0 aromatic heterocycles. The Kier molecular flexibility index (Phi) is 7.04. The number of urea groups is 1. The molecule has 1 aliphatic rings. The highest BCUT2D eigenvalue weighted by Gasteiger charge is 2.26. The molecule has 0 atom stereocenters. The van der Waals surface area contributed by atoms with Gasteiger partial charge in [-0.15, -0.1) is 0 Å².